The minimum atomic E-state index is -0.410. The lowest BCUT2D eigenvalue weighted by molar-refractivity contribution is 0.529. The van der Waals surface area contributed by atoms with Crippen LogP contribution in [0.1, 0.15) is 22.7 Å². The minimum Gasteiger partial charge on any atom is -0.271 e. The molecule has 3 N–H and O–H groups in total. The molecular formula is C15H15Cl2FN2. The molecule has 0 saturated heterocycles. The lowest BCUT2D eigenvalue weighted by atomic mass is 9.98. The Hall–Kier alpha value is -1.13. The molecule has 5 heteroatoms. The first-order chi connectivity index (χ1) is 9.52. The Kier molecular flexibility index (Phi) is 5.00. The van der Waals surface area contributed by atoms with Crippen LogP contribution in [-0.4, -0.2) is 0 Å². The van der Waals surface area contributed by atoms with Crippen molar-refractivity contribution < 1.29 is 4.39 Å². The summed E-state index contributed by atoms with van der Waals surface area (Å²) in [6.07, 6.45) is 0.391. The summed E-state index contributed by atoms with van der Waals surface area (Å²) < 4.78 is 13.9. The molecule has 0 spiro atoms. The molecule has 2 nitrogen and oxygen atoms in total. The molecule has 1 unspecified atom stereocenters. The number of halogens is 3. The van der Waals surface area contributed by atoms with E-state index in [9.17, 15) is 4.39 Å². The molecule has 0 aliphatic carbocycles. The van der Waals surface area contributed by atoms with Crippen molar-refractivity contribution in [3.8, 4) is 0 Å². The van der Waals surface area contributed by atoms with Gasteiger partial charge in [0.2, 0.25) is 0 Å². The number of nitrogens with two attached hydrogens (primary N) is 1. The lowest BCUT2D eigenvalue weighted by Crippen LogP contribution is -2.29. The van der Waals surface area contributed by atoms with Gasteiger partial charge in [0.1, 0.15) is 5.82 Å². The maximum absolute atomic E-state index is 13.9. The van der Waals surface area contributed by atoms with Gasteiger partial charge in [0.15, 0.2) is 0 Å². The maximum Gasteiger partial charge on any atom is 0.145 e. The summed E-state index contributed by atoms with van der Waals surface area (Å²) in [7, 11) is 0. The number of nitrogens with one attached hydrogen (secondary N) is 1. The zero-order chi connectivity index (χ0) is 14.7. The lowest BCUT2D eigenvalue weighted by Gasteiger charge is -2.18. The van der Waals surface area contributed by atoms with Crippen LogP contribution >= 0.6 is 23.2 Å². The Bertz CT molecular complexity index is 617. The van der Waals surface area contributed by atoms with Gasteiger partial charge >= 0.3 is 0 Å². The van der Waals surface area contributed by atoms with E-state index in [4.69, 9.17) is 29.0 Å². The largest absolute Gasteiger partial charge is 0.271 e. The van der Waals surface area contributed by atoms with Gasteiger partial charge in [-0.1, -0.05) is 47.5 Å². The average Bonchev–Trinajstić information content (AvgIpc) is 2.44. The highest BCUT2D eigenvalue weighted by Crippen LogP contribution is 2.26. The van der Waals surface area contributed by atoms with Crippen LogP contribution in [0, 0.1) is 12.7 Å². The van der Waals surface area contributed by atoms with Gasteiger partial charge in [-0.15, -0.1) is 0 Å². The molecule has 0 radical (unpaired) electrons. The second-order valence-corrected chi connectivity index (χ2v) is 5.46. The van der Waals surface area contributed by atoms with Crippen LogP contribution in [0.5, 0.6) is 0 Å². The summed E-state index contributed by atoms with van der Waals surface area (Å²) in [5.41, 5.74) is 5.09. The summed E-state index contributed by atoms with van der Waals surface area (Å²) >= 11 is 11.9. The normalized spacial score (nSPS) is 12.4. The number of benzene rings is 2. The predicted molar refractivity (Wildman–Crippen MR) is 81.4 cm³/mol. The van der Waals surface area contributed by atoms with E-state index in [1.54, 1.807) is 12.1 Å². The molecule has 0 saturated carbocycles. The van der Waals surface area contributed by atoms with Crippen LogP contribution < -0.4 is 11.3 Å². The summed E-state index contributed by atoms with van der Waals surface area (Å²) in [5, 5.41) is 0.773. The standard InChI is InChI=1S/C15H15Cl2FN2/c1-9-5-6-10(7-13(9)17)14(20-19)8-11-3-2-4-12(16)15(11)18/h2-7,14,20H,8,19H2,1H3. The molecular weight excluding hydrogens is 298 g/mol. The fourth-order valence-electron chi connectivity index (χ4n) is 2.02. The highest BCUT2D eigenvalue weighted by molar-refractivity contribution is 6.31. The fraction of sp³-hybridized carbons (Fsp3) is 0.200. The average molecular weight is 313 g/mol. The highest BCUT2D eigenvalue weighted by atomic mass is 35.5. The van der Waals surface area contributed by atoms with E-state index < -0.39 is 5.82 Å². The third-order valence-corrected chi connectivity index (χ3v) is 3.95. The summed E-state index contributed by atoms with van der Waals surface area (Å²) in [6.45, 7) is 1.92. The van der Waals surface area contributed by atoms with Crippen molar-refractivity contribution in [3.63, 3.8) is 0 Å². The fourth-order valence-corrected chi connectivity index (χ4v) is 2.41. The third-order valence-electron chi connectivity index (χ3n) is 3.26. The Labute approximate surface area is 127 Å². The molecule has 2 aromatic rings. The predicted octanol–water partition coefficient (Wildman–Crippen LogP) is 4.19. The van der Waals surface area contributed by atoms with Gasteiger partial charge in [0.05, 0.1) is 11.1 Å². The van der Waals surface area contributed by atoms with E-state index in [2.05, 4.69) is 5.43 Å². The summed E-state index contributed by atoms with van der Waals surface area (Å²) in [6, 6.07) is 10.4. The number of aryl methyl sites for hydroxylation is 1. The van der Waals surface area contributed by atoms with Crippen molar-refractivity contribution in [2.75, 3.05) is 0 Å². The van der Waals surface area contributed by atoms with E-state index in [0.29, 0.717) is 17.0 Å². The molecule has 0 aliphatic heterocycles. The summed E-state index contributed by atoms with van der Waals surface area (Å²) in [5.74, 6) is 5.17. The molecule has 20 heavy (non-hydrogen) atoms. The van der Waals surface area contributed by atoms with Crippen LogP contribution in [0.2, 0.25) is 10.0 Å². The second-order valence-electron chi connectivity index (χ2n) is 4.64. The molecule has 1 atom stereocenters. The molecule has 2 aromatic carbocycles. The summed E-state index contributed by atoms with van der Waals surface area (Å²) in [4.78, 5) is 0. The SMILES string of the molecule is Cc1ccc(C(Cc2cccc(Cl)c2F)NN)cc1Cl. The van der Waals surface area contributed by atoms with Crippen LogP contribution in [0.15, 0.2) is 36.4 Å². The molecule has 0 amide bonds. The van der Waals surface area contributed by atoms with Crippen molar-refractivity contribution in [3.05, 3.63) is 69.0 Å². The van der Waals surface area contributed by atoms with Crippen molar-refractivity contribution in [1.82, 2.24) is 5.43 Å². The van der Waals surface area contributed by atoms with E-state index in [-0.39, 0.29) is 11.1 Å². The van der Waals surface area contributed by atoms with Crippen molar-refractivity contribution >= 4 is 23.2 Å². The molecule has 0 bridgehead atoms. The van der Waals surface area contributed by atoms with Crippen molar-refractivity contribution in [1.29, 1.82) is 0 Å². The Morgan fingerprint density at radius 3 is 2.60 bits per heavy atom. The first-order valence-corrected chi connectivity index (χ1v) is 6.93. The Morgan fingerprint density at radius 1 is 1.20 bits per heavy atom. The van der Waals surface area contributed by atoms with Gasteiger partial charge in [-0.3, -0.25) is 11.3 Å². The molecule has 2 rings (SSSR count). The van der Waals surface area contributed by atoms with E-state index >= 15 is 0 Å². The molecule has 0 aromatic heterocycles. The van der Waals surface area contributed by atoms with Gasteiger partial charge in [0.25, 0.3) is 0 Å². The highest BCUT2D eigenvalue weighted by Gasteiger charge is 2.15. The molecule has 0 fully saturated rings. The number of rotatable bonds is 4. The number of hydrogen-bond donors (Lipinski definition) is 2. The second kappa shape index (κ2) is 6.55. The third kappa shape index (κ3) is 3.30. The smallest absolute Gasteiger partial charge is 0.145 e. The van der Waals surface area contributed by atoms with E-state index in [1.165, 1.54) is 6.07 Å². The van der Waals surface area contributed by atoms with Crippen LogP contribution in [-0.2, 0) is 6.42 Å². The zero-order valence-corrected chi connectivity index (χ0v) is 12.5. The van der Waals surface area contributed by atoms with Gasteiger partial charge in [-0.2, -0.15) is 0 Å². The zero-order valence-electron chi connectivity index (χ0n) is 11.0. The monoisotopic (exact) mass is 312 g/mol. The Morgan fingerprint density at radius 2 is 1.95 bits per heavy atom. The first-order valence-electron chi connectivity index (χ1n) is 6.18. The number of hydrazine groups is 1. The van der Waals surface area contributed by atoms with E-state index in [1.807, 2.05) is 25.1 Å². The van der Waals surface area contributed by atoms with Crippen LogP contribution in [0.25, 0.3) is 0 Å². The van der Waals surface area contributed by atoms with Crippen LogP contribution in [0.4, 0.5) is 4.39 Å². The minimum absolute atomic E-state index is 0.111. The molecule has 106 valence electrons. The van der Waals surface area contributed by atoms with Gasteiger partial charge in [-0.05, 0) is 42.2 Å². The molecule has 0 heterocycles. The quantitative estimate of drug-likeness (QED) is 0.656. The Balaban J connectivity index is 2.28. The maximum atomic E-state index is 13.9. The van der Waals surface area contributed by atoms with Gasteiger partial charge in [0, 0.05) is 5.02 Å². The van der Waals surface area contributed by atoms with E-state index in [0.717, 1.165) is 11.1 Å². The first kappa shape index (κ1) is 15.3. The topological polar surface area (TPSA) is 38.0 Å². The molecule has 0 aliphatic rings. The van der Waals surface area contributed by atoms with Crippen LogP contribution in [0.3, 0.4) is 0 Å². The van der Waals surface area contributed by atoms with Crippen molar-refractivity contribution in [2.24, 2.45) is 5.84 Å². The van der Waals surface area contributed by atoms with Crippen molar-refractivity contribution in [2.45, 2.75) is 19.4 Å². The van der Waals surface area contributed by atoms with Gasteiger partial charge in [-0.25, -0.2) is 4.39 Å². The van der Waals surface area contributed by atoms with Gasteiger partial charge < -0.3 is 0 Å². The number of hydrogen-bond acceptors (Lipinski definition) is 2.